The summed E-state index contributed by atoms with van der Waals surface area (Å²) in [5.41, 5.74) is 5.54. The van der Waals surface area contributed by atoms with Gasteiger partial charge in [0.2, 0.25) is 5.91 Å². The van der Waals surface area contributed by atoms with Crippen molar-refractivity contribution in [3.8, 4) is 0 Å². The van der Waals surface area contributed by atoms with Gasteiger partial charge in [-0.25, -0.2) is 0 Å². The average Bonchev–Trinajstić information content (AvgIpc) is 2.78. The summed E-state index contributed by atoms with van der Waals surface area (Å²) in [5, 5.41) is 2.82. The van der Waals surface area contributed by atoms with Crippen LogP contribution in [0.3, 0.4) is 0 Å². The average molecular weight is 254 g/mol. The number of furan rings is 1. The van der Waals surface area contributed by atoms with Crippen molar-refractivity contribution in [2.45, 2.75) is 26.2 Å². The van der Waals surface area contributed by atoms with E-state index in [1.807, 2.05) is 19.1 Å². The van der Waals surface area contributed by atoms with Crippen molar-refractivity contribution in [1.29, 1.82) is 0 Å². The number of amides is 1. The number of rotatable bonds is 7. The summed E-state index contributed by atoms with van der Waals surface area (Å²) < 4.78 is 5.17. The van der Waals surface area contributed by atoms with Crippen LogP contribution >= 0.6 is 12.2 Å². The molecule has 3 N–H and O–H groups in total. The highest BCUT2D eigenvalue weighted by Crippen LogP contribution is 2.07. The van der Waals surface area contributed by atoms with Gasteiger partial charge in [0.1, 0.15) is 5.76 Å². The molecule has 0 saturated carbocycles. The normalized spacial score (nSPS) is 12.1. The largest absolute Gasteiger partial charge is 0.469 e. The van der Waals surface area contributed by atoms with Crippen LogP contribution in [0.5, 0.6) is 0 Å². The molecule has 1 aromatic rings. The quantitative estimate of drug-likeness (QED) is 0.726. The fourth-order valence-electron chi connectivity index (χ4n) is 1.58. The van der Waals surface area contributed by atoms with Crippen molar-refractivity contribution in [2.75, 3.05) is 6.54 Å². The van der Waals surface area contributed by atoms with Crippen molar-refractivity contribution in [3.05, 3.63) is 24.2 Å². The molecule has 0 spiro atoms. The van der Waals surface area contributed by atoms with E-state index in [-0.39, 0.29) is 16.8 Å². The van der Waals surface area contributed by atoms with Gasteiger partial charge < -0.3 is 15.5 Å². The zero-order valence-electron chi connectivity index (χ0n) is 9.94. The van der Waals surface area contributed by atoms with Gasteiger partial charge >= 0.3 is 0 Å². The molecule has 0 saturated heterocycles. The molecule has 1 heterocycles. The summed E-state index contributed by atoms with van der Waals surface area (Å²) in [6.45, 7) is 2.54. The lowest BCUT2D eigenvalue weighted by molar-refractivity contribution is -0.123. The van der Waals surface area contributed by atoms with Gasteiger partial charge in [0, 0.05) is 13.0 Å². The maximum atomic E-state index is 11.8. The summed E-state index contributed by atoms with van der Waals surface area (Å²) in [7, 11) is 0. The molecule has 0 aromatic carbocycles. The van der Waals surface area contributed by atoms with Crippen LogP contribution in [-0.4, -0.2) is 17.4 Å². The highest BCUT2D eigenvalue weighted by molar-refractivity contribution is 7.80. The minimum atomic E-state index is -0.355. The highest BCUT2D eigenvalue weighted by atomic mass is 32.1. The molecule has 1 atom stereocenters. The molecule has 0 fully saturated rings. The van der Waals surface area contributed by atoms with Gasteiger partial charge in [-0.3, -0.25) is 4.79 Å². The van der Waals surface area contributed by atoms with E-state index in [1.54, 1.807) is 6.26 Å². The molecule has 0 aliphatic heterocycles. The highest BCUT2D eigenvalue weighted by Gasteiger charge is 2.19. The van der Waals surface area contributed by atoms with Crippen LogP contribution in [0, 0.1) is 5.92 Å². The topological polar surface area (TPSA) is 68.3 Å². The summed E-state index contributed by atoms with van der Waals surface area (Å²) in [6, 6.07) is 3.70. The number of nitrogens with one attached hydrogen (secondary N) is 1. The van der Waals surface area contributed by atoms with Crippen LogP contribution in [-0.2, 0) is 11.2 Å². The van der Waals surface area contributed by atoms with Crippen molar-refractivity contribution >= 4 is 23.1 Å². The van der Waals surface area contributed by atoms with Gasteiger partial charge in [-0.05, 0) is 18.6 Å². The smallest absolute Gasteiger partial charge is 0.229 e. The zero-order chi connectivity index (χ0) is 12.7. The van der Waals surface area contributed by atoms with Crippen molar-refractivity contribution < 1.29 is 9.21 Å². The molecule has 1 rings (SSSR count). The maximum Gasteiger partial charge on any atom is 0.229 e. The lowest BCUT2D eigenvalue weighted by Crippen LogP contribution is -2.38. The summed E-state index contributed by atoms with van der Waals surface area (Å²) in [6.07, 6.45) is 3.87. The molecule has 17 heavy (non-hydrogen) atoms. The number of hydrogen-bond acceptors (Lipinski definition) is 3. The molecule has 1 amide bonds. The molecular formula is C12H18N2O2S. The monoisotopic (exact) mass is 254 g/mol. The van der Waals surface area contributed by atoms with E-state index in [1.165, 1.54) is 0 Å². The predicted molar refractivity (Wildman–Crippen MR) is 70.6 cm³/mol. The first-order valence-corrected chi connectivity index (χ1v) is 6.15. The Kier molecular flexibility index (Phi) is 5.69. The SMILES string of the molecule is CCCC(C(=O)NCCc1ccco1)C(N)=S. The summed E-state index contributed by atoms with van der Waals surface area (Å²) in [4.78, 5) is 12.1. The van der Waals surface area contributed by atoms with Gasteiger partial charge in [-0.2, -0.15) is 0 Å². The van der Waals surface area contributed by atoms with E-state index in [9.17, 15) is 4.79 Å². The van der Waals surface area contributed by atoms with Crippen LogP contribution in [0.25, 0.3) is 0 Å². The molecule has 1 unspecified atom stereocenters. The third-order valence-corrected chi connectivity index (χ3v) is 2.77. The number of thiocarbonyl (C=S) groups is 1. The molecule has 94 valence electrons. The first-order valence-electron chi connectivity index (χ1n) is 5.74. The van der Waals surface area contributed by atoms with Gasteiger partial charge in [0.25, 0.3) is 0 Å². The fourth-order valence-corrected chi connectivity index (χ4v) is 1.80. The van der Waals surface area contributed by atoms with Crippen molar-refractivity contribution in [3.63, 3.8) is 0 Å². The van der Waals surface area contributed by atoms with Gasteiger partial charge in [0.05, 0.1) is 17.2 Å². The Hall–Kier alpha value is -1.36. The molecule has 0 aliphatic carbocycles. The Bertz CT molecular complexity index is 363. The predicted octanol–water partition coefficient (Wildman–Crippen LogP) is 1.64. The Morgan fingerprint density at radius 2 is 2.41 bits per heavy atom. The van der Waals surface area contributed by atoms with Crippen molar-refractivity contribution in [2.24, 2.45) is 11.7 Å². The standard InChI is InChI=1S/C12H18N2O2S/c1-2-4-10(11(13)17)12(15)14-7-6-9-5-3-8-16-9/h3,5,8,10H,2,4,6-7H2,1H3,(H2,13,17)(H,14,15). The molecule has 0 bridgehead atoms. The van der Waals surface area contributed by atoms with E-state index in [0.29, 0.717) is 19.4 Å². The van der Waals surface area contributed by atoms with E-state index in [0.717, 1.165) is 12.2 Å². The van der Waals surface area contributed by atoms with Gasteiger partial charge in [0.15, 0.2) is 0 Å². The van der Waals surface area contributed by atoms with Crippen LogP contribution in [0.2, 0.25) is 0 Å². The van der Waals surface area contributed by atoms with Crippen LogP contribution in [0.1, 0.15) is 25.5 Å². The molecule has 5 heteroatoms. The van der Waals surface area contributed by atoms with Crippen LogP contribution in [0.4, 0.5) is 0 Å². The molecular weight excluding hydrogens is 236 g/mol. The first-order chi connectivity index (χ1) is 8.15. The van der Waals surface area contributed by atoms with E-state index < -0.39 is 0 Å². The minimum absolute atomic E-state index is 0.0918. The summed E-state index contributed by atoms with van der Waals surface area (Å²) >= 11 is 4.89. The fraction of sp³-hybridized carbons (Fsp3) is 0.500. The van der Waals surface area contributed by atoms with Crippen LogP contribution < -0.4 is 11.1 Å². The van der Waals surface area contributed by atoms with Gasteiger partial charge in [-0.15, -0.1) is 0 Å². The van der Waals surface area contributed by atoms with Crippen molar-refractivity contribution in [1.82, 2.24) is 5.32 Å². The number of nitrogens with two attached hydrogens (primary N) is 1. The van der Waals surface area contributed by atoms with Gasteiger partial charge in [-0.1, -0.05) is 25.6 Å². The number of carbonyl (C=O) groups is 1. The molecule has 4 nitrogen and oxygen atoms in total. The number of hydrogen-bond donors (Lipinski definition) is 2. The second-order valence-electron chi connectivity index (χ2n) is 3.86. The van der Waals surface area contributed by atoms with E-state index in [4.69, 9.17) is 22.4 Å². The minimum Gasteiger partial charge on any atom is -0.469 e. The molecule has 1 aromatic heterocycles. The van der Waals surface area contributed by atoms with Crippen LogP contribution in [0.15, 0.2) is 22.8 Å². The van der Waals surface area contributed by atoms with E-state index >= 15 is 0 Å². The third-order valence-electron chi connectivity index (χ3n) is 2.49. The Morgan fingerprint density at radius 3 is 2.94 bits per heavy atom. The molecule has 0 radical (unpaired) electrons. The maximum absolute atomic E-state index is 11.8. The summed E-state index contributed by atoms with van der Waals surface area (Å²) in [5.74, 6) is 0.408. The Morgan fingerprint density at radius 1 is 1.65 bits per heavy atom. The lowest BCUT2D eigenvalue weighted by Gasteiger charge is -2.14. The number of carbonyl (C=O) groups excluding carboxylic acids is 1. The molecule has 0 aliphatic rings. The zero-order valence-corrected chi connectivity index (χ0v) is 10.8. The lowest BCUT2D eigenvalue weighted by atomic mass is 10.0. The first kappa shape index (κ1) is 13.7. The van der Waals surface area contributed by atoms with E-state index in [2.05, 4.69) is 5.32 Å². The Labute approximate surface area is 107 Å². The third kappa shape index (κ3) is 4.56. The second kappa shape index (κ2) is 7.06. The second-order valence-corrected chi connectivity index (χ2v) is 4.34. The Balaban J connectivity index is 2.34.